The van der Waals surface area contributed by atoms with E-state index < -0.39 is 29.3 Å². The zero-order chi connectivity index (χ0) is 25.9. The lowest BCUT2D eigenvalue weighted by Gasteiger charge is -2.17. The Kier molecular flexibility index (Phi) is 7.37. The van der Waals surface area contributed by atoms with Crippen LogP contribution in [-0.2, 0) is 17.5 Å². The van der Waals surface area contributed by atoms with Crippen molar-refractivity contribution in [2.75, 3.05) is 6.61 Å². The number of pyridine rings is 1. The Morgan fingerprint density at radius 2 is 1.78 bits per heavy atom. The fourth-order valence-electron chi connectivity index (χ4n) is 4.12. The van der Waals surface area contributed by atoms with Crippen molar-refractivity contribution in [1.82, 2.24) is 4.98 Å². The highest BCUT2D eigenvalue weighted by atomic mass is 19.4. The van der Waals surface area contributed by atoms with Gasteiger partial charge in [0.1, 0.15) is 24.0 Å². The van der Waals surface area contributed by atoms with Crippen molar-refractivity contribution in [3.05, 3.63) is 94.3 Å². The van der Waals surface area contributed by atoms with Crippen LogP contribution in [0.2, 0.25) is 0 Å². The van der Waals surface area contributed by atoms with E-state index in [0.717, 1.165) is 18.2 Å². The summed E-state index contributed by atoms with van der Waals surface area (Å²) in [6.07, 6.45) is -1.47. The topological polar surface area (TPSA) is 48.4 Å². The molecule has 9 heteroatoms. The van der Waals surface area contributed by atoms with E-state index in [1.54, 1.807) is 13.0 Å². The number of esters is 1. The molecular formula is C27H22F5NO3. The number of benzene rings is 2. The van der Waals surface area contributed by atoms with E-state index in [9.17, 15) is 26.7 Å². The van der Waals surface area contributed by atoms with Crippen LogP contribution in [0.25, 0.3) is 11.1 Å². The van der Waals surface area contributed by atoms with Crippen LogP contribution in [-0.4, -0.2) is 17.6 Å². The number of allylic oxidation sites excluding steroid dienone is 2. The first kappa shape index (κ1) is 25.3. The number of hydrogen-bond acceptors (Lipinski definition) is 4. The lowest BCUT2D eigenvalue weighted by Crippen LogP contribution is -2.08. The van der Waals surface area contributed by atoms with E-state index >= 15 is 0 Å². The van der Waals surface area contributed by atoms with Crippen molar-refractivity contribution < 1.29 is 36.2 Å². The Morgan fingerprint density at radius 3 is 2.50 bits per heavy atom. The third-order valence-electron chi connectivity index (χ3n) is 5.83. The van der Waals surface area contributed by atoms with Crippen molar-refractivity contribution in [3.63, 3.8) is 0 Å². The Labute approximate surface area is 204 Å². The maximum atomic E-state index is 14.1. The Balaban J connectivity index is 1.76. The van der Waals surface area contributed by atoms with E-state index in [1.165, 1.54) is 24.4 Å². The molecule has 0 radical (unpaired) electrons. The van der Waals surface area contributed by atoms with Crippen LogP contribution in [0.4, 0.5) is 22.0 Å². The molecule has 0 fully saturated rings. The van der Waals surface area contributed by atoms with Crippen LogP contribution in [0.1, 0.15) is 58.9 Å². The molecule has 4 nitrogen and oxygen atoms in total. The number of carbonyl (C=O) groups is 1. The molecule has 36 heavy (non-hydrogen) atoms. The lowest BCUT2D eigenvalue weighted by molar-refractivity contribution is -0.137. The third kappa shape index (κ3) is 5.56. The van der Waals surface area contributed by atoms with Gasteiger partial charge in [-0.2, -0.15) is 13.2 Å². The van der Waals surface area contributed by atoms with E-state index in [1.807, 2.05) is 0 Å². The van der Waals surface area contributed by atoms with Gasteiger partial charge >= 0.3 is 12.1 Å². The summed E-state index contributed by atoms with van der Waals surface area (Å²) in [4.78, 5) is 16.5. The van der Waals surface area contributed by atoms with Crippen molar-refractivity contribution in [2.24, 2.45) is 0 Å². The first-order valence-corrected chi connectivity index (χ1v) is 11.3. The average Bonchev–Trinajstić information content (AvgIpc) is 3.33. The summed E-state index contributed by atoms with van der Waals surface area (Å²) in [5.74, 6) is -1.96. The largest absolute Gasteiger partial charge is 0.488 e. The summed E-state index contributed by atoms with van der Waals surface area (Å²) < 4.78 is 78.8. The molecule has 1 heterocycles. The number of rotatable bonds is 7. The van der Waals surface area contributed by atoms with Gasteiger partial charge in [0.2, 0.25) is 0 Å². The molecule has 0 bridgehead atoms. The van der Waals surface area contributed by atoms with Crippen LogP contribution in [0.5, 0.6) is 5.75 Å². The molecule has 188 valence electrons. The van der Waals surface area contributed by atoms with Gasteiger partial charge in [-0.05, 0) is 79.8 Å². The molecule has 0 N–H and O–H groups in total. The fourth-order valence-corrected chi connectivity index (χ4v) is 4.12. The third-order valence-corrected chi connectivity index (χ3v) is 5.83. The summed E-state index contributed by atoms with van der Waals surface area (Å²) in [6, 6.07) is 9.18. The van der Waals surface area contributed by atoms with Gasteiger partial charge in [0, 0.05) is 23.4 Å². The standard InChI is InChI=1S/C27H22F5NO3/c1-2-35-26(34)16-10-11-33-24(12-16)21-5-3-4-20(21)22-13-18(27(30,31)32)7-9-25(22)36-15-17-6-8-19(28)14-23(17)29/h6-14H,2-5,15H2,1H3. The van der Waals surface area contributed by atoms with E-state index in [2.05, 4.69) is 4.98 Å². The van der Waals surface area contributed by atoms with Gasteiger partial charge in [0.25, 0.3) is 0 Å². The predicted octanol–water partition coefficient (Wildman–Crippen LogP) is 7.23. The summed E-state index contributed by atoms with van der Waals surface area (Å²) in [6.45, 7) is 1.58. The second kappa shape index (κ2) is 10.5. The van der Waals surface area contributed by atoms with E-state index in [4.69, 9.17) is 9.47 Å². The number of carbonyl (C=O) groups excluding carboxylic acids is 1. The van der Waals surface area contributed by atoms with Gasteiger partial charge < -0.3 is 9.47 Å². The predicted molar refractivity (Wildman–Crippen MR) is 123 cm³/mol. The summed E-state index contributed by atoms with van der Waals surface area (Å²) in [7, 11) is 0. The summed E-state index contributed by atoms with van der Waals surface area (Å²) in [5.41, 5.74) is 1.45. The first-order valence-electron chi connectivity index (χ1n) is 11.3. The van der Waals surface area contributed by atoms with E-state index in [0.29, 0.717) is 42.2 Å². The second-order valence-corrected chi connectivity index (χ2v) is 8.19. The summed E-state index contributed by atoms with van der Waals surface area (Å²) in [5, 5.41) is 0. The molecular weight excluding hydrogens is 481 g/mol. The van der Waals surface area contributed by atoms with Crippen molar-refractivity contribution in [3.8, 4) is 5.75 Å². The number of nitrogens with zero attached hydrogens (tertiary/aromatic N) is 1. The zero-order valence-electron chi connectivity index (χ0n) is 19.3. The monoisotopic (exact) mass is 503 g/mol. The molecule has 4 rings (SSSR count). The number of alkyl halides is 3. The minimum Gasteiger partial charge on any atom is -0.488 e. The Hall–Kier alpha value is -3.75. The molecule has 0 spiro atoms. The molecule has 1 aromatic heterocycles. The molecule has 3 aromatic rings. The highest BCUT2D eigenvalue weighted by molar-refractivity contribution is 5.96. The van der Waals surface area contributed by atoms with Gasteiger partial charge in [-0.3, -0.25) is 4.98 Å². The minimum absolute atomic E-state index is 0.0617. The highest BCUT2D eigenvalue weighted by Crippen LogP contribution is 2.44. The molecule has 0 amide bonds. The van der Waals surface area contributed by atoms with Crippen molar-refractivity contribution in [2.45, 2.75) is 39.0 Å². The first-order chi connectivity index (χ1) is 17.2. The van der Waals surface area contributed by atoms with Gasteiger partial charge in [0.05, 0.1) is 23.4 Å². The fraction of sp³-hybridized carbons (Fsp3) is 0.259. The number of halogens is 5. The molecule has 0 saturated heterocycles. The molecule has 1 aliphatic rings. The molecule has 0 unspecified atom stereocenters. The van der Waals surface area contributed by atoms with Gasteiger partial charge in [-0.25, -0.2) is 13.6 Å². The van der Waals surface area contributed by atoms with Crippen molar-refractivity contribution in [1.29, 1.82) is 0 Å². The maximum Gasteiger partial charge on any atom is 0.416 e. The average molecular weight is 503 g/mol. The molecule has 1 aliphatic carbocycles. The molecule has 0 aliphatic heterocycles. The van der Waals surface area contributed by atoms with Crippen molar-refractivity contribution >= 4 is 17.1 Å². The zero-order valence-corrected chi connectivity index (χ0v) is 19.3. The van der Waals surface area contributed by atoms with Gasteiger partial charge in [-0.15, -0.1) is 0 Å². The molecule has 2 aromatic carbocycles. The quantitative estimate of drug-likeness (QED) is 0.252. The molecule has 0 atom stereocenters. The Bertz CT molecular complexity index is 1320. The normalized spacial score (nSPS) is 13.7. The second-order valence-electron chi connectivity index (χ2n) is 8.19. The van der Waals surface area contributed by atoms with Crippen LogP contribution in [0.3, 0.4) is 0 Å². The maximum absolute atomic E-state index is 14.1. The van der Waals surface area contributed by atoms with E-state index in [-0.39, 0.29) is 35.7 Å². The smallest absolute Gasteiger partial charge is 0.416 e. The SMILES string of the molecule is CCOC(=O)c1ccnc(C2=C(c3cc(C(F)(F)F)ccc3OCc3ccc(F)cc3F)CCC2)c1. The van der Waals surface area contributed by atoms with Gasteiger partial charge in [-0.1, -0.05) is 0 Å². The highest BCUT2D eigenvalue weighted by Gasteiger charge is 2.32. The number of aromatic nitrogens is 1. The number of ether oxygens (including phenoxy) is 2. The van der Waals surface area contributed by atoms with Crippen LogP contribution < -0.4 is 4.74 Å². The Morgan fingerprint density at radius 1 is 1.00 bits per heavy atom. The lowest BCUT2D eigenvalue weighted by atomic mass is 9.96. The van der Waals surface area contributed by atoms with Crippen LogP contribution in [0.15, 0.2) is 54.7 Å². The van der Waals surface area contributed by atoms with Crippen LogP contribution >= 0.6 is 0 Å². The van der Waals surface area contributed by atoms with Gasteiger partial charge in [0.15, 0.2) is 0 Å². The number of hydrogen-bond donors (Lipinski definition) is 0. The molecule has 0 saturated carbocycles. The summed E-state index contributed by atoms with van der Waals surface area (Å²) >= 11 is 0. The van der Waals surface area contributed by atoms with Crippen LogP contribution in [0, 0.1) is 11.6 Å². The minimum atomic E-state index is -4.59.